The lowest BCUT2D eigenvalue weighted by molar-refractivity contribution is -0.0958. The molecule has 5 nitrogen and oxygen atoms in total. The quantitative estimate of drug-likeness (QED) is 0.303. The van der Waals surface area contributed by atoms with Crippen LogP contribution in [-0.4, -0.2) is 57.6 Å². The van der Waals surface area contributed by atoms with Crippen molar-refractivity contribution in [1.82, 2.24) is 0 Å². The van der Waals surface area contributed by atoms with Gasteiger partial charge < -0.3 is 25.2 Å². The maximum atomic E-state index is 10.8. The van der Waals surface area contributed by atoms with Crippen molar-refractivity contribution >= 4 is 0 Å². The molecule has 3 rings (SSSR count). The Kier molecular flexibility index (Phi) is 9.84. The SMILES string of the molecule is CC1=C(C=CC2=CCC[C@@]3(C)C2CC[C@@H]3[C@H](C)CCCC(C)(C)O)C[C@@H](O)[C@@H](OCCCO)[C@@H]1O. The first kappa shape index (κ1) is 28.6. The Morgan fingerprint density at radius 2 is 1.94 bits per heavy atom. The van der Waals surface area contributed by atoms with Crippen molar-refractivity contribution in [3.63, 3.8) is 0 Å². The van der Waals surface area contributed by atoms with Crippen LogP contribution in [0.1, 0.15) is 92.4 Å². The molecule has 0 bridgehead atoms. The van der Waals surface area contributed by atoms with E-state index in [1.54, 1.807) is 0 Å². The minimum absolute atomic E-state index is 0.0391. The summed E-state index contributed by atoms with van der Waals surface area (Å²) in [4.78, 5) is 0. The largest absolute Gasteiger partial charge is 0.396 e. The van der Waals surface area contributed by atoms with Gasteiger partial charge in [0.25, 0.3) is 0 Å². The molecule has 1 unspecified atom stereocenters. The van der Waals surface area contributed by atoms with Crippen molar-refractivity contribution in [2.45, 2.75) is 116 Å². The maximum Gasteiger partial charge on any atom is 0.113 e. The summed E-state index contributed by atoms with van der Waals surface area (Å²) in [6, 6.07) is 0. The fourth-order valence-electron chi connectivity index (χ4n) is 7.07. The molecule has 0 aromatic rings. The number of rotatable bonds is 11. The fraction of sp³-hybridized carbons (Fsp3) is 0.800. The van der Waals surface area contributed by atoms with Gasteiger partial charge in [0.05, 0.1) is 11.7 Å². The predicted octanol–water partition coefficient (Wildman–Crippen LogP) is 5.08. The Morgan fingerprint density at radius 1 is 1.20 bits per heavy atom. The molecule has 0 aromatic carbocycles. The molecule has 0 saturated heterocycles. The minimum atomic E-state index is -0.830. The molecule has 5 heteroatoms. The first-order valence-electron chi connectivity index (χ1n) is 13.9. The van der Waals surface area contributed by atoms with Crippen LogP contribution >= 0.6 is 0 Å². The van der Waals surface area contributed by atoms with Gasteiger partial charge in [-0.1, -0.05) is 44.9 Å². The number of aliphatic hydroxyl groups excluding tert-OH is 3. The van der Waals surface area contributed by atoms with Gasteiger partial charge in [-0.3, -0.25) is 0 Å². The molecule has 1 saturated carbocycles. The number of hydrogen-bond acceptors (Lipinski definition) is 5. The zero-order chi connectivity index (χ0) is 25.8. The van der Waals surface area contributed by atoms with E-state index >= 15 is 0 Å². The molecule has 0 aromatic heterocycles. The van der Waals surface area contributed by atoms with Crippen molar-refractivity contribution in [3.8, 4) is 0 Å². The summed E-state index contributed by atoms with van der Waals surface area (Å²) in [5.41, 5.74) is 3.00. The third-order valence-electron chi connectivity index (χ3n) is 9.17. The molecular weight excluding hydrogens is 440 g/mol. The minimum Gasteiger partial charge on any atom is -0.396 e. The lowest BCUT2D eigenvalue weighted by Crippen LogP contribution is -2.44. The standard InChI is InChI=1S/C30H50O5/c1-20(9-6-15-29(3,4)34)24-13-14-25-22(10-7-16-30(24,25)5)11-12-23-19-26(32)28(27(33)21(23)2)35-18-8-17-31/h10-12,20,24-28,31-34H,6-9,13-19H2,1-5H3/t20-,24-,25?,26-,27-,28-,30-/m1/s1. The van der Waals surface area contributed by atoms with Crippen molar-refractivity contribution in [1.29, 1.82) is 0 Å². The molecule has 0 spiro atoms. The molecule has 200 valence electrons. The summed E-state index contributed by atoms with van der Waals surface area (Å²) in [5.74, 6) is 1.93. The summed E-state index contributed by atoms with van der Waals surface area (Å²) in [6.07, 6.45) is 13.4. The second kappa shape index (κ2) is 12.0. The molecule has 0 aliphatic heterocycles. The Bertz CT molecular complexity index is 791. The topological polar surface area (TPSA) is 90.2 Å². The highest BCUT2D eigenvalue weighted by Crippen LogP contribution is 2.58. The van der Waals surface area contributed by atoms with Gasteiger partial charge in [0.2, 0.25) is 0 Å². The average Bonchev–Trinajstić information content (AvgIpc) is 3.14. The van der Waals surface area contributed by atoms with Crippen LogP contribution < -0.4 is 0 Å². The lowest BCUT2D eigenvalue weighted by Gasteiger charge is -2.43. The van der Waals surface area contributed by atoms with Crippen molar-refractivity contribution < 1.29 is 25.2 Å². The molecule has 4 N–H and O–H groups in total. The molecule has 3 aliphatic rings. The van der Waals surface area contributed by atoms with E-state index < -0.39 is 23.9 Å². The van der Waals surface area contributed by atoms with E-state index in [4.69, 9.17) is 9.84 Å². The second-order valence-corrected chi connectivity index (χ2v) is 12.3. The van der Waals surface area contributed by atoms with Crippen molar-refractivity contribution in [2.24, 2.45) is 23.2 Å². The normalized spacial score (nSPS) is 34.9. The summed E-state index contributed by atoms with van der Waals surface area (Å²) in [5, 5.41) is 40.4. The molecule has 0 heterocycles. The van der Waals surface area contributed by atoms with Gasteiger partial charge >= 0.3 is 0 Å². The smallest absolute Gasteiger partial charge is 0.113 e. The predicted molar refractivity (Wildman–Crippen MR) is 141 cm³/mol. The highest BCUT2D eigenvalue weighted by atomic mass is 16.5. The summed E-state index contributed by atoms with van der Waals surface area (Å²) >= 11 is 0. The van der Waals surface area contributed by atoms with Crippen LogP contribution in [-0.2, 0) is 4.74 Å². The van der Waals surface area contributed by atoms with E-state index in [1.807, 2.05) is 20.8 Å². The zero-order valence-corrected chi connectivity index (χ0v) is 22.7. The van der Waals surface area contributed by atoms with E-state index in [9.17, 15) is 15.3 Å². The van der Waals surface area contributed by atoms with Gasteiger partial charge in [-0.05, 0) is 99.2 Å². The highest BCUT2D eigenvalue weighted by Gasteiger charge is 2.49. The Hall–Kier alpha value is -0.980. The number of ether oxygens (including phenoxy) is 1. The second-order valence-electron chi connectivity index (χ2n) is 12.3. The fourth-order valence-corrected chi connectivity index (χ4v) is 7.07. The molecule has 0 radical (unpaired) electrons. The number of allylic oxidation sites excluding steroid dienone is 4. The molecule has 1 fully saturated rings. The average molecular weight is 491 g/mol. The number of fused-ring (bicyclic) bond motifs is 1. The Morgan fingerprint density at radius 3 is 2.63 bits per heavy atom. The van der Waals surface area contributed by atoms with Gasteiger partial charge in [-0.15, -0.1) is 0 Å². The van der Waals surface area contributed by atoms with Crippen LogP contribution in [0.2, 0.25) is 0 Å². The molecule has 0 amide bonds. The summed E-state index contributed by atoms with van der Waals surface area (Å²) < 4.78 is 5.67. The lowest BCUT2D eigenvalue weighted by atomic mass is 9.62. The van der Waals surface area contributed by atoms with Crippen LogP contribution in [0.5, 0.6) is 0 Å². The monoisotopic (exact) mass is 490 g/mol. The summed E-state index contributed by atoms with van der Waals surface area (Å²) in [6.45, 7) is 11.0. The molecule has 7 atom stereocenters. The van der Waals surface area contributed by atoms with E-state index in [0.717, 1.165) is 30.4 Å². The zero-order valence-electron chi connectivity index (χ0n) is 22.7. The van der Waals surface area contributed by atoms with Crippen molar-refractivity contribution in [2.75, 3.05) is 13.2 Å². The van der Waals surface area contributed by atoms with Crippen LogP contribution in [0, 0.1) is 23.2 Å². The van der Waals surface area contributed by atoms with E-state index in [-0.39, 0.29) is 6.61 Å². The third kappa shape index (κ3) is 6.87. The first-order valence-corrected chi connectivity index (χ1v) is 13.9. The van der Waals surface area contributed by atoms with Crippen LogP contribution in [0.15, 0.2) is 34.9 Å². The van der Waals surface area contributed by atoms with Crippen LogP contribution in [0.3, 0.4) is 0 Å². The maximum absolute atomic E-state index is 10.8. The Labute approximate surface area is 213 Å². The van der Waals surface area contributed by atoms with E-state index in [1.165, 1.54) is 31.3 Å². The number of aliphatic hydroxyl groups is 4. The van der Waals surface area contributed by atoms with Crippen LogP contribution in [0.4, 0.5) is 0 Å². The molecular formula is C30H50O5. The molecule has 3 aliphatic carbocycles. The van der Waals surface area contributed by atoms with Gasteiger partial charge in [-0.2, -0.15) is 0 Å². The van der Waals surface area contributed by atoms with E-state index in [2.05, 4.69) is 32.1 Å². The highest BCUT2D eigenvalue weighted by molar-refractivity contribution is 5.38. The third-order valence-corrected chi connectivity index (χ3v) is 9.17. The van der Waals surface area contributed by atoms with Crippen LogP contribution in [0.25, 0.3) is 0 Å². The Balaban J connectivity index is 1.66. The first-order chi connectivity index (χ1) is 16.5. The van der Waals surface area contributed by atoms with Gasteiger partial charge in [0.15, 0.2) is 0 Å². The van der Waals surface area contributed by atoms with Gasteiger partial charge in [-0.25, -0.2) is 0 Å². The number of hydrogen-bond donors (Lipinski definition) is 4. The van der Waals surface area contributed by atoms with Gasteiger partial charge in [0.1, 0.15) is 12.2 Å². The van der Waals surface area contributed by atoms with Crippen molar-refractivity contribution in [3.05, 3.63) is 34.9 Å². The summed E-state index contributed by atoms with van der Waals surface area (Å²) in [7, 11) is 0. The molecule has 35 heavy (non-hydrogen) atoms. The van der Waals surface area contributed by atoms with E-state index in [0.29, 0.717) is 42.6 Å². The van der Waals surface area contributed by atoms with Gasteiger partial charge in [0, 0.05) is 19.6 Å².